The number of aromatic nitrogens is 3. The van der Waals surface area contributed by atoms with Crippen LogP contribution in [0.15, 0.2) is 16.8 Å². The monoisotopic (exact) mass is 318 g/mol. The van der Waals surface area contributed by atoms with Crippen LogP contribution in [0.3, 0.4) is 0 Å². The Morgan fingerprint density at radius 2 is 2.30 bits per heavy atom. The maximum Gasteiger partial charge on any atom is 0.290 e. The summed E-state index contributed by atoms with van der Waals surface area (Å²) in [6.07, 6.45) is 3.11. The van der Waals surface area contributed by atoms with Gasteiger partial charge in [0.1, 0.15) is 12.1 Å². The predicted molar refractivity (Wildman–Crippen MR) is 83.0 cm³/mol. The molecule has 2 aromatic heterocycles. The lowest BCUT2D eigenvalue weighted by molar-refractivity contribution is 0.0651. The molecule has 3 rings (SSSR count). The van der Waals surface area contributed by atoms with Crippen LogP contribution in [0.5, 0.6) is 0 Å². The molecule has 7 nitrogen and oxygen atoms in total. The number of rotatable bonds is 4. The van der Waals surface area contributed by atoms with Crippen molar-refractivity contribution in [3.05, 3.63) is 35.3 Å². The van der Waals surface area contributed by atoms with Crippen LogP contribution in [0, 0.1) is 6.92 Å². The van der Waals surface area contributed by atoms with Crippen LogP contribution >= 0.6 is 0 Å². The van der Waals surface area contributed by atoms with E-state index in [0.29, 0.717) is 18.7 Å². The summed E-state index contributed by atoms with van der Waals surface area (Å²) in [6, 6.07) is 1.66. The maximum absolute atomic E-state index is 12.9. The number of aryl methyl sites for hydroxylation is 3. The highest BCUT2D eigenvalue weighted by atomic mass is 16.5. The van der Waals surface area contributed by atoms with Crippen LogP contribution in [-0.2, 0) is 18.2 Å². The number of furan rings is 1. The highest BCUT2D eigenvalue weighted by Crippen LogP contribution is 2.33. The molecule has 0 radical (unpaired) electrons. The van der Waals surface area contributed by atoms with Crippen LogP contribution in [0.25, 0.3) is 0 Å². The summed E-state index contributed by atoms with van der Waals surface area (Å²) >= 11 is 0. The van der Waals surface area contributed by atoms with Gasteiger partial charge in [0.2, 0.25) is 0 Å². The predicted octanol–water partition coefficient (Wildman–Crippen LogP) is 1.88. The zero-order valence-corrected chi connectivity index (χ0v) is 13.9. The van der Waals surface area contributed by atoms with Gasteiger partial charge in [0.25, 0.3) is 5.91 Å². The lowest BCUT2D eigenvalue weighted by Gasteiger charge is -2.22. The molecule has 0 bridgehead atoms. The van der Waals surface area contributed by atoms with Gasteiger partial charge in [0, 0.05) is 33.5 Å². The fourth-order valence-corrected chi connectivity index (χ4v) is 3.15. The summed E-state index contributed by atoms with van der Waals surface area (Å²) in [5.41, 5.74) is 1.01. The van der Waals surface area contributed by atoms with Crippen LogP contribution in [0.1, 0.15) is 47.1 Å². The molecule has 23 heavy (non-hydrogen) atoms. The molecule has 3 heterocycles. The summed E-state index contributed by atoms with van der Waals surface area (Å²) in [5.74, 6) is 1.87. The SMILES string of the molecule is CCc1oc(C(=O)N2C[C@H](OC)C[C@H]2c2nncn2C)cc1C. The Kier molecular flexibility index (Phi) is 4.21. The second kappa shape index (κ2) is 6.16. The molecule has 2 atom stereocenters. The molecule has 0 aromatic carbocycles. The van der Waals surface area contributed by atoms with E-state index in [2.05, 4.69) is 10.2 Å². The minimum Gasteiger partial charge on any atom is -0.456 e. The van der Waals surface area contributed by atoms with Crippen LogP contribution in [0.2, 0.25) is 0 Å². The number of nitrogens with zero attached hydrogens (tertiary/aromatic N) is 4. The summed E-state index contributed by atoms with van der Waals surface area (Å²) < 4.78 is 13.0. The van der Waals surface area contributed by atoms with Crippen molar-refractivity contribution in [3.8, 4) is 0 Å². The summed E-state index contributed by atoms with van der Waals surface area (Å²) in [4.78, 5) is 14.7. The maximum atomic E-state index is 12.9. The summed E-state index contributed by atoms with van der Waals surface area (Å²) in [7, 11) is 3.54. The van der Waals surface area contributed by atoms with E-state index in [9.17, 15) is 4.79 Å². The molecule has 0 unspecified atom stereocenters. The molecular weight excluding hydrogens is 296 g/mol. The van der Waals surface area contributed by atoms with Crippen molar-refractivity contribution in [2.45, 2.75) is 38.8 Å². The lowest BCUT2D eigenvalue weighted by Crippen LogP contribution is -2.32. The zero-order valence-electron chi connectivity index (χ0n) is 13.9. The van der Waals surface area contributed by atoms with Gasteiger partial charge in [-0.15, -0.1) is 10.2 Å². The van der Waals surface area contributed by atoms with Crippen molar-refractivity contribution in [1.29, 1.82) is 0 Å². The smallest absolute Gasteiger partial charge is 0.290 e. The summed E-state index contributed by atoms with van der Waals surface area (Å²) in [5, 5.41) is 8.09. The van der Waals surface area contributed by atoms with Crippen molar-refractivity contribution >= 4 is 5.91 Å². The Bertz CT molecular complexity index is 706. The topological polar surface area (TPSA) is 73.4 Å². The molecule has 124 valence electrons. The molecule has 1 amide bonds. The van der Waals surface area contributed by atoms with Gasteiger partial charge in [-0.2, -0.15) is 0 Å². The lowest BCUT2D eigenvalue weighted by atomic mass is 10.2. The normalized spacial score (nSPS) is 21.1. The van der Waals surface area contributed by atoms with E-state index in [4.69, 9.17) is 9.15 Å². The van der Waals surface area contributed by atoms with E-state index in [-0.39, 0.29) is 18.1 Å². The minimum absolute atomic E-state index is 0.0117. The van der Waals surface area contributed by atoms with Crippen molar-refractivity contribution in [2.24, 2.45) is 7.05 Å². The highest BCUT2D eigenvalue weighted by Gasteiger charge is 2.40. The van der Waals surface area contributed by atoms with Gasteiger partial charge in [-0.05, 0) is 18.6 Å². The summed E-state index contributed by atoms with van der Waals surface area (Å²) in [6.45, 7) is 4.49. The van der Waals surface area contributed by atoms with Gasteiger partial charge in [0.05, 0.1) is 12.1 Å². The average molecular weight is 318 g/mol. The number of hydrogen-bond acceptors (Lipinski definition) is 5. The molecule has 1 fully saturated rings. The molecule has 1 aliphatic heterocycles. The van der Waals surface area contributed by atoms with E-state index < -0.39 is 0 Å². The van der Waals surface area contributed by atoms with Crippen LogP contribution < -0.4 is 0 Å². The van der Waals surface area contributed by atoms with E-state index in [1.807, 2.05) is 31.5 Å². The third kappa shape index (κ3) is 2.76. The Labute approximate surface area is 135 Å². The average Bonchev–Trinajstić information content (AvgIpc) is 3.23. The first-order valence-corrected chi connectivity index (χ1v) is 7.82. The van der Waals surface area contributed by atoms with Crippen molar-refractivity contribution in [3.63, 3.8) is 0 Å². The van der Waals surface area contributed by atoms with Crippen molar-refractivity contribution in [2.75, 3.05) is 13.7 Å². The van der Waals surface area contributed by atoms with Gasteiger partial charge in [-0.3, -0.25) is 4.79 Å². The van der Waals surface area contributed by atoms with E-state index >= 15 is 0 Å². The van der Waals surface area contributed by atoms with E-state index in [0.717, 1.165) is 23.6 Å². The number of hydrogen-bond donors (Lipinski definition) is 0. The third-order valence-corrected chi connectivity index (χ3v) is 4.45. The molecule has 0 saturated carbocycles. The fraction of sp³-hybridized carbons (Fsp3) is 0.562. The number of carbonyl (C=O) groups is 1. The Balaban J connectivity index is 1.91. The van der Waals surface area contributed by atoms with Gasteiger partial charge in [0.15, 0.2) is 11.6 Å². The van der Waals surface area contributed by atoms with Crippen molar-refractivity contribution in [1.82, 2.24) is 19.7 Å². The quantitative estimate of drug-likeness (QED) is 0.860. The Morgan fingerprint density at radius 1 is 1.52 bits per heavy atom. The van der Waals surface area contributed by atoms with Crippen LogP contribution in [0.4, 0.5) is 0 Å². The Hall–Kier alpha value is -2.15. The van der Waals surface area contributed by atoms with Gasteiger partial charge in [-0.1, -0.05) is 6.92 Å². The molecule has 1 aliphatic rings. The first kappa shape index (κ1) is 15.7. The molecule has 0 spiro atoms. The molecule has 0 aliphatic carbocycles. The van der Waals surface area contributed by atoms with E-state index in [1.165, 1.54) is 0 Å². The number of methoxy groups -OCH3 is 1. The standard InChI is InChI=1S/C16H22N4O3/c1-5-13-10(2)6-14(23-13)16(21)20-8-11(22-4)7-12(20)15-18-17-9-19(15)3/h6,9,11-12H,5,7-8H2,1-4H3/t11-,12+/m1/s1. The number of ether oxygens (including phenoxy) is 1. The van der Waals surface area contributed by atoms with Gasteiger partial charge >= 0.3 is 0 Å². The second-order valence-electron chi connectivity index (χ2n) is 5.94. The molecular formula is C16H22N4O3. The third-order valence-electron chi connectivity index (χ3n) is 4.45. The molecule has 1 saturated heterocycles. The largest absolute Gasteiger partial charge is 0.456 e. The number of amides is 1. The second-order valence-corrected chi connectivity index (χ2v) is 5.94. The van der Waals surface area contributed by atoms with E-state index in [1.54, 1.807) is 18.3 Å². The first-order chi connectivity index (χ1) is 11.0. The van der Waals surface area contributed by atoms with Gasteiger partial charge in [-0.25, -0.2) is 0 Å². The fourth-order valence-electron chi connectivity index (χ4n) is 3.15. The minimum atomic E-state index is -0.157. The Morgan fingerprint density at radius 3 is 2.87 bits per heavy atom. The van der Waals surface area contributed by atoms with Crippen LogP contribution in [-0.4, -0.2) is 45.3 Å². The molecule has 7 heteroatoms. The zero-order chi connectivity index (χ0) is 16.6. The number of likely N-dealkylation sites (tertiary alicyclic amines) is 1. The number of carbonyl (C=O) groups excluding carboxylic acids is 1. The van der Waals surface area contributed by atoms with Gasteiger partial charge < -0.3 is 18.6 Å². The molecule has 0 N–H and O–H groups in total. The highest BCUT2D eigenvalue weighted by molar-refractivity contribution is 5.92. The molecule has 2 aromatic rings. The first-order valence-electron chi connectivity index (χ1n) is 7.82. The van der Waals surface area contributed by atoms with Crippen molar-refractivity contribution < 1.29 is 13.9 Å².